The predicted octanol–water partition coefficient (Wildman–Crippen LogP) is 4.87. The number of hydrogen-bond donors (Lipinski definition) is 2. The van der Waals surface area contributed by atoms with Crippen molar-refractivity contribution in [2.45, 2.75) is 42.1 Å². The lowest BCUT2D eigenvalue weighted by atomic mass is 10.2. The van der Waals surface area contributed by atoms with Crippen molar-refractivity contribution in [1.29, 1.82) is 0 Å². The number of aromatic amines is 1. The van der Waals surface area contributed by atoms with E-state index in [1.54, 1.807) is 11.8 Å². The van der Waals surface area contributed by atoms with Gasteiger partial charge in [-0.1, -0.05) is 42.6 Å². The van der Waals surface area contributed by atoms with E-state index in [0.29, 0.717) is 5.16 Å². The molecule has 0 aliphatic rings. The van der Waals surface area contributed by atoms with Gasteiger partial charge in [0, 0.05) is 21.9 Å². The summed E-state index contributed by atoms with van der Waals surface area (Å²) in [5, 5.41) is 10.4. The summed E-state index contributed by atoms with van der Waals surface area (Å²) in [5.41, 5.74) is 3.30. The summed E-state index contributed by atoms with van der Waals surface area (Å²) in [6.07, 6.45) is 0.798. The quantitative estimate of drug-likeness (QED) is 0.556. The highest BCUT2D eigenvalue weighted by atomic mass is 32.2. The first-order chi connectivity index (χ1) is 13.0. The fraction of sp³-hybridized carbons (Fsp3) is 0.250. The molecule has 2 aromatic carbocycles. The Morgan fingerprint density at radius 2 is 1.93 bits per heavy atom. The molecule has 0 atom stereocenters. The van der Waals surface area contributed by atoms with Crippen LogP contribution in [0.5, 0.6) is 0 Å². The Bertz CT molecular complexity index is 922. The molecule has 0 fully saturated rings. The normalized spacial score (nSPS) is 10.8. The molecule has 0 aliphatic carbocycles. The molecular weight excluding hydrogens is 376 g/mol. The zero-order valence-electron chi connectivity index (χ0n) is 15.6. The van der Waals surface area contributed by atoms with E-state index in [9.17, 15) is 4.79 Å². The molecule has 0 bridgehead atoms. The highest BCUT2D eigenvalue weighted by molar-refractivity contribution is 7.99. The van der Waals surface area contributed by atoms with Crippen LogP contribution >= 0.6 is 23.5 Å². The van der Waals surface area contributed by atoms with Gasteiger partial charge >= 0.3 is 0 Å². The van der Waals surface area contributed by atoms with Gasteiger partial charge in [0.2, 0.25) is 11.1 Å². The molecule has 3 rings (SSSR count). The second kappa shape index (κ2) is 9.10. The molecule has 0 unspecified atom stereocenters. The molecule has 0 saturated carbocycles. The van der Waals surface area contributed by atoms with Crippen LogP contribution < -0.4 is 5.32 Å². The van der Waals surface area contributed by atoms with Gasteiger partial charge in [-0.2, -0.15) is 0 Å². The number of carbonyl (C=O) groups is 1. The Balaban J connectivity index is 1.53. The molecule has 0 saturated heterocycles. The van der Waals surface area contributed by atoms with Crippen molar-refractivity contribution < 1.29 is 4.79 Å². The molecule has 140 valence electrons. The first kappa shape index (κ1) is 19.5. The fourth-order valence-electron chi connectivity index (χ4n) is 2.38. The van der Waals surface area contributed by atoms with Gasteiger partial charge in [0.05, 0.1) is 5.75 Å². The molecular formula is C20H22N4OS2. The van der Waals surface area contributed by atoms with E-state index in [1.165, 1.54) is 27.8 Å². The lowest BCUT2D eigenvalue weighted by Gasteiger charge is -2.08. The molecule has 1 amide bonds. The van der Waals surface area contributed by atoms with Gasteiger partial charge in [-0.15, -0.1) is 5.10 Å². The van der Waals surface area contributed by atoms with Crippen LogP contribution in [0, 0.1) is 13.8 Å². The van der Waals surface area contributed by atoms with Crippen LogP contribution in [0.25, 0.3) is 0 Å². The molecule has 5 nitrogen and oxygen atoms in total. The number of amides is 1. The number of aromatic nitrogens is 3. The van der Waals surface area contributed by atoms with Crippen LogP contribution in [0.15, 0.2) is 57.4 Å². The second-order valence-electron chi connectivity index (χ2n) is 6.15. The van der Waals surface area contributed by atoms with Crippen LogP contribution in [0.2, 0.25) is 0 Å². The fourth-order valence-corrected chi connectivity index (χ4v) is 4.00. The lowest BCUT2D eigenvalue weighted by Crippen LogP contribution is -2.14. The number of aryl methyl sites for hydroxylation is 3. The standard InChI is InChI=1S/C20H22N4OS2/c1-4-18-22-20(24-23-18)26-12-19(25)21-15-7-9-16(10-8-15)27-17-11-13(2)5-6-14(17)3/h5-11H,4,12H2,1-3H3,(H,21,25)(H,22,23,24). The Labute approximate surface area is 167 Å². The number of nitrogens with zero attached hydrogens (tertiary/aromatic N) is 2. The van der Waals surface area contributed by atoms with Crippen molar-refractivity contribution in [3.63, 3.8) is 0 Å². The van der Waals surface area contributed by atoms with E-state index in [2.05, 4.69) is 52.5 Å². The summed E-state index contributed by atoms with van der Waals surface area (Å²) in [6.45, 7) is 6.22. The predicted molar refractivity (Wildman–Crippen MR) is 112 cm³/mol. The minimum atomic E-state index is -0.0715. The number of H-pyrrole nitrogens is 1. The van der Waals surface area contributed by atoms with Crippen LogP contribution in [-0.4, -0.2) is 26.8 Å². The molecule has 27 heavy (non-hydrogen) atoms. The summed E-state index contributed by atoms with van der Waals surface area (Å²) in [4.78, 5) is 18.8. The van der Waals surface area contributed by atoms with E-state index in [-0.39, 0.29) is 11.7 Å². The number of thioether (sulfide) groups is 1. The molecule has 0 aliphatic heterocycles. The minimum Gasteiger partial charge on any atom is -0.325 e. The topological polar surface area (TPSA) is 70.7 Å². The van der Waals surface area contributed by atoms with Crippen LogP contribution in [0.3, 0.4) is 0 Å². The maximum Gasteiger partial charge on any atom is 0.234 e. The highest BCUT2D eigenvalue weighted by Gasteiger charge is 2.08. The highest BCUT2D eigenvalue weighted by Crippen LogP contribution is 2.31. The molecule has 7 heteroatoms. The van der Waals surface area contributed by atoms with Crippen LogP contribution in [0.4, 0.5) is 5.69 Å². The number of benzene rings is 2. The Hall–Kier alpha value is -2.25. The summed E-state index contributed by atoms with van der Waals surface area (Å²) < 4.78 is 0. The molecule has 0 spiro atoms. The van der Waals surface area contributed by atoms with Gasteiger partial charge in [-0.25, -0.2) is 4.98 Å². The SMILES string of the molecule is CCc1nc(SCC(=O)Nc2ccc(Sc3cc(C)ccc3C)cc2)n[nH]1. The van der Waals surface area contributed by atoms with Gasteiger partial charge < -0.3 is 5.32 Å². The largest absolute Gasteiger partial charge is 0.325 e. The summed E-state index contributed by atoms with van der Waals surface area (Å²) >= 11 is 3.05. The average molecular weight is 399 g/mol. The van der Waals surface area contributed by atoms with Gasteiger partial charge in [0.15, 0.2) is 0 Å². The molecule has 1 aromatic heterocycles. The molecule has 1 heterocycles. The Morgan fingerprint density at radius 3 is 2.63 bits per heavy atom. The minimum absolute atomic E-state index is 0.0715. The summed E-state index contributed by atoms with van der Waals surface area (Å²) in [5.74, 6) is 1.03. The van der Waals surface area contributed by atoms with Crippen LogP contribution in [-0.2, 0) is 11.2 Å². The van der Waals surface area contributed by atoms with E-state index in [4.69, 9.17) is 0 Å². The van der Waals surface area contributed by atoms with Crippen molar-refractivity contribution in [3.05, 3.63) is 59.4 Å². The van der Waals surface area contributed by atoms with Crippen molar-refractivity contribution >= 4 is 35.1 Å². The molecule has 3 aromatic rings. The number of hydrogen-bond acceptors (Lipinski definition) is 5. The van der Waals surface area contributed by atoms with E-state index < -0.39 is 0 Å². The smallest absolute Gasteiger partial charge is 0.234 e. The maximum absolute atomic E-state index is 12.1. The summed E-state index contributed by atoms with van der Waals surface area (Å²) in [6, 6.07) is 14.4. The van der Waals surface area contributed by atoms with E-state index >= 15 is 0 Å². The lowest BCUT2D eigenvalue weighted by molar-refractivity contribution is -0.113. The van der Waals surface area contributed by atoms with Crippen molar-refractivity contribution in [2.24, 2.45) is 0 Å². The Kier molecular flexibility index (Phi) is 6.58. The third kappa shape index (κ3) is 5.61. The van der Waals surface area contributed by atoms with Gasteiger partial charge in [-0.3, -0.25) is 9.89 Å². The van der Waals surface area contributed by atoms with Crippen molar-refractivity contribution in [1.82, 2.24) is 15.2 Å². The van der Waals surface area contributed by atoms with Crippen molar-refractivity contribution in [3.8, 4) is 0 Å². The van der Waals surface area contributed by atoms with E-state index in [1.807, 2.05) is 31.2 Å². The number of rotatable bonds is 7. The third-order valence-corrected chi connectivity index (χ3v) is 5.90. The van der Waals surface area contributed by atoms with Gasteiger partial charge in [0.25, 0.3) is 0 Å². The zero-order valence-corrected chi connectivity index (χ0v) is 17.2. The second-order valence-corrected chi connectivity index (χ2v) is 8.21. The summed E-state index contributed by atoms with van der Waals surface area (Å²) in [7, 11) is 0. The monoisotopic (exact) mass is 398 g/mol. The average Bonchev–Trinajstić information content (AvgIpc) is 3.13. The van der Waals surface area contributed by atoms with Gasteiger partial charge in [-0.05, 0) is 55.3 Å². The van der Waals surface area contributed by atoms with Gasteiger partial charge in [0.1, 0.15) is 5.82 Å². The number of carbonyl (C=O) groups excluding carboxylic acids is 1. The Morgan fingerprint density at radius 1 is 1.15 bits per heavy atom. The molecule has 2 N–H and O–H groups in total. The van der Waals surface area contributed by atoms with Crippen LogP contribution in [0.1, 0.15) is 23.9 Å². The number of anilines is 1. The maximum atomic E-state index is 12.1. The van der Waals surface area contributed by atoms with E-state index in [0.717, 1.165) is 22.8 Å². The third-order valence-electron chi connectivity index (χ3n) is 3.89. The van der Waals surface area contributed by atoms with Crippen molar-refractivity contribution in [2.75, 3.05) is 11.1 Å². The molecule has 0 radical (unpaired) electrons. The zero-order chi connectivity index (χ0) is 19.2. The first-order valence-corrected chi connectivity index (χ1v) is 10.5. The number of nitrogens with one attached hydrogen (secondary N) is 2. The first-order valence-electron chi connectivity index (χ1n) is 8.72.